The van der Waals surface area contributed by atoms with E-state index in [9.17, 15) is 0 Å². The molecule has 0 aliphatic rings. The summed E-state index contributed by atoms with van der Waals surface area (Å²) in [5.41, 5.74) is 0. The van der Waals surface area contributed by atoms with E-state index in [1.54, 1.807) is 0 Å². The molecule has 0 atom stereocenters. The Labute approximate surface area is 96.5 Å². The molecule has 0 aliphatic heterocycles. The van der Waals surface area contributed by atoms with Gasteiger partial charge in [-0.05, 0) is 12.3 Å². The molecule has 72 valence electrons. The second-order valence-electron chi connectivity index (χ2n) is 2.35. The fourth-order valence-corrected chi connectivity index (χ4v) is 0.258. The van der Waals surface area contributed by atoms with Gasteiger partial charge in [-0.3, -0.25) is 9.11 Å². The monoisotopic (exact) mass is 210 g/mol. The van der Waals surface area contributed by atoms with Gasteiger partial charge >= 0.3 is 40.0 Å². The van der Waals surface area contributed by atoms with Crippen LogP contribution in [0.15, 0.2) is 0 Å². The van der Waals surface area contributed by atoms with E-state index in [1.165, 1.54) is 0 Å². The van der Waals surface area contributed by atoms with Crippen LogP contribution in [0.2, 0.25) is 0 Å². The number of aliphatic hydroxyl groups is 1. The van der Waals surface area contributed by atoms with Gasteiger partial charge < -0.3 is 6.53 Å². The number of hydrogen-bond acceptors (Lipinski definition) is 3. The van der Waals surface area contributed by atoms with E-state index >= 15 is 0 Å². The predicted molar refractivity (Wildman–Crippen MR) is 41.8 cm³/mol. The Morgan fingerprint density at radius 3 is 1.58 bits per heavy atom. The zero-order chi connectivity index (χ0) is 9.49. The summed E-state index contributed by atoms with van der Waals surface area (Å²) >= 11 is 0. The molecule has 0 fully saturated rings. The Bertz CT molecular complexity index is 162. The van der Waals surface area contributed by atoms with Crippen LogP contribution in [0, 0.1) is 5.92 Å². The summed E-state index contributed by atoms with van der Waals surface area (Å²) in [6.07, 6.45) is 0.931. The Kier molecular flexibility index (Phi) is 15.4. The van der Waals surface area contributed by atoms with Crippen molar-refractivity contribution in [3.05, 3.63) is 0 Å². The first-order valence-corrected chi connectivity index (χ1v) is 4.47. The normalized spacial score (nSPS) is 9.83. The van der Waals surface area contributed by atoms with Crippen LogP contribution in [0.4, 0.5) is 0 Å². The number of aliphatic hydroxyl groups excluding tert-OH is 1. The fourth-order valence-electron chi connectivity index (χ4n) is 0.258. The Morgan fingerprint density at radius 1 is 1.33 bits per heavy atom. The first-order chi connectivity index (χ1) is 4.77. The summed E-state index contributed by atoms with van der Waals surface area (Å²) in [6.45, 7) is 4.52. The third-order valence-corrected chi connectivity index (χ3v) is 0.706. The molecule has 0 radical (unpaired) electrons. The maximum atomic E-state index is 8.74. The molecule has 12 heavy (non-hydrogen) atoms. The molecular formula is C5H15NaO5S. The molecule has 0 aromatic rings. The van der Waals surface area contributed by atoms with Crippen molar-refractivity contribution in [2.45, 2.75) is 20.3 Å². The van der Waals surface area contributed by atoms with E-state index in [1.807, 2.05) is 0 Å². The van der Waals surface area contributed by atoms with Gasteiger partial charge in [0.1, 0.15) is 0 Å². The van der Waals surface area contributed by atoms with E-state index in [0.29, 0.717) is 12.5 Å². The number of rotatable bonds is 2. The molecule has 5 nitrogen and oxygen atoms in total. The van der Waals surface area contributed by atoms with Gasteiger partial charge in [-0.25, -0.2) is 0 Å². The van der Waals surface area contributed by atoms with Gasteiger partial charge in [0, 0.05) is 6.61 Å². The molecule has 3 N–H and O–H groups in total. The summed E-state index contributed by atoms with van der Waals surface area (Å²) in [7, 11) is -4.67. The third kappa shape index (κ3) is 71.3. The second kappa shape index (κ2) is 9.91. The molecule has 0 heterocycles. The molecule has 0 saturated carbocycles. The SMILES string of the molecule is CC(C)CCO.O=S(=O)(O)O.[H-].[Na+]. The quantitative estimate of drug-likeness (QED) is 0.345. The van der Waals surface area contributed by atoms with Crippen LogP contribution in [-0.4, -0.2) is 29.2 Å². The van der Waals surface area contributed by atoms with Gasteiger partial charge in [0.25, 0.3) is 0 Å². The zero-order valence-corrected chi connectivity index (χ0v) is 10.4. The molecule has 0 aromatic heterocycles. The molecule has 0 aromatic carbocycles. The van der Waals surface area contributed by atoms with Crippen LogP contribution in [0.25, 0.3) is 0 Å². The van der Waals surface area contributed by atoms with Crippen molar-refractivity contribution in [1.29, 1.82) is 0 Å². The van der Waals surface area contributed by atoms with Crippen molar-refractivity contribution in [2.24, 2.45) is 5.92 Å². The molecule has 7 heteroatoms. The van der Waals surface area contributed by atoms with Gasteiger partial charge in [0.05, 0.1) is 0 Å². The van der Waals surface area contributed by atoms with Gasteiger partial charge in [-0.15, -0.1) is 0 Å². The van der Waals surface area contributed by atoms with Crippen molar-refractivity contribution >= 4 is 10.4 Å². The summed E-state index contributed by atoms with van der Waals surface area (Å²) in [5.74, 6) is 0.648. The molecular weight excluding hydrogens is 195 g/mol. The molecule has 0 amide bonds. The minimum atomic E-state index is -4.67. The summed E-state index contributed by atoms with van der Waals surface area (Å²) in [4.78, 5) is 0. The summed E-state index contributed by atoms with van der Waals surface area (Å²) in [5, 5.41) is 8.24. The van der Waals surface area contributed by atoms with Gasteiger partial charge in [0.2, 0.25) is 0 Å². The van der Waals surface area contributed by atoms with Crippen LogP contribution in [0.3, 0.4) is 0 Å². The van der Waals surface area contributed by atoms with Crippen molar-refractivity contribution < 1.29 is 53.6 Å². The van der Waals surface area contributed by atoms with Crippen molar-refractivity contribution in [3.63, 3.8) is 0 Å². The van der Waals surface area contributed by atoms with E-state index < -0.39 is 10.4 Å². The minimum absolute atomic E-state index is 0. The second-order valence-corrected chi connectivity index (χ2v) is 3.25. The summed E-state index contributed by atoms with van der Waals surface area (Å²) in [6, 6.07) is 0. The largest absolute Gasteiger partial charge is 1.00 e. The first kappa shape index (κ1) is 18.6. The maximum absolute atomic E-state index is 8.74. The topological polar surface area (TPSA) is 94.8 Å². The van der Waals surface area contributed by atoms with E-state index in [-0.39, 0.29) is 31.0 Å². The Balaban J connectivity index is -0.0000000546. The van der Waals surface area contributed by atoms with Crippen LogP contribution < -0.4 is 29.6 Å². The summed E-state index contributed by atoms with van der Waals surface area (Å²) < 4.78 is 31.6. The Morgan fingerprint density at radius 2 is 1.58 bits per heavy atom. The van der Waals surface area contributed by atoms with Gasteiger partial charge in [-0.1, -0.05) is 13.8 Å². The van der Waals surface area contributed by atoms with Crippen LogP contribution in [0.1, 0.15) is 21.7 Å². The smallest absolute Gasteiger partial charge is 1.00 e. The predicted octanol–water partition coefficient (Wildman–Crippen LogP) is -2.51. The molecule has 0 aliphatic carbocycles. The number of hydrogen-bond donors (Lipinski definition) is 3. The first-order valence-electron chi connectivity index (χ1n) is 3.08. The van der Waals surface area contributed by atoms with Crippen molar-refractivity contribution in [3.8, 4) is 0 Å². The van der Waals surface area contributed by atoms with Crippen molar-refractivity contribution in [1.82, 2.24) is 0 Å². The average molecular weight is 210 g/mol. The third-order valence-electron chi connectivity index (χ3n) is 0.706. The average Bonchev–Trinajstić information content (AvgIpc) is 1.58. The van der Waals surface area contributed by atoms with Gasteiger partial charge in [-0.2, -0.15) is 8.42 Å². The zero-order valence-electron chi connectivity index (χ0n) is 8.56. The molecule has 0 unspecified atom stereocenters. The molecule has 0 spiro atoms. The van der Waals surface area contributed by atoms with E-state index in [4.69, 9.17) is 22.6 Å². The molecule has 0 rings (SSSR count). The van der Waals surface area contributed by atoms with Crippen LogP contribution >= 0.6 is 0 Å². The maximum Gasteiger partial charge on any atom is 1.00 e. The fraction of sp³-hybridized carbons (Fsp3) is 1.00. The van der Waals surface area contributed by atoms with E-state index in [2.05, 4.69) is 13.8 Å². The van der Waals surface area contributed by atoms with Crippen LogP contribution in [-0.2, 0) is 10.4 Å². The van der Waals surface area contributed by atoms with E-state index in [0.717, 1.165) is 6.42 Å². The molecule has 0 saturated heterocycles. The van der Waals surface area contributed by atoms with Crippen LogP contribution in [0.5, 0.6) is 0 Å². The standard InChI is InChI=1S/C5H12O.Na.H2O4S.H/c1-5(2)3-4-6;;1-5(2,3)4;/h5-6H,3-4H2,1-2H3;;(H2,1,2,3,4);/q;+1;;-1. The molecule has 0 bridgehead atoms. The minimum Gasteiger partial charge on any atom is -1.00 e. The Hall–Kier alpha value is 0.830. The van der Waals surface area contributed by atoms with Crippen molar-refractivity contribution in [2.75, 3.05) is 6.61 Å². The van der Waals surface area contributed by atoms with Gasteiger partial charge in [0.15, 0.2) is 0 Å².